The third-order valence-electron chi connectivity index (χ3n) is 3.56. The highest BCUT2D eigenvalue weighted by Crippen LogP contribution is 2.22. The number of nitrogens with one attached hydrogen (secondary N) is 2. The van der Waals surface area contributed by atoms with Crippen molar-refractivity contribution < 1.29 is 14.3 Å². The maximum atomic E-state index is 12.3. The number of pyridine rings is 1. The summed E-state index contributed by atoms with van der Waals surface area (Å²) in [7, 11) is 0. The zero-order chi connectivity index (χ0) is 16.1. The van der Waals surface area contributed by atoms with Crippen LogP contribution in [0.4, 0.5) is 5.69 Å². The Morgan fingerprint density at radius 3 is 2.84 bits per heavy atom. The molecule has 0 aliphatic carbocycles. The molecule has 1 aromatic heterocycles. The largest absolute Gasteiger partial charge is 0.439 e. The van der Waals surface area contributed by atoms with Crippen LogP contribution in [0, 0.1) is 0 Å². The number of ether oxygens (including phenoxy) is 2. The summed E-state index contributed by atoms with van der Waals surface area (Å²) in [6, 6.07) is 12.3. The number of halogens is 2. The summed E-state index contributed by atoms with van der Waals surface area (Å²) >= 11 is 0. The Bertz CT molecular complexity index is 673. The Balaban J connectivity index is 0.00000156. The number of aromatic nitrogens is 1. The van der Waals surface area contributed by atoms with Gasteiger partial charge in [0.25, 0.3) is 0 Å². The minimum absolute atomic E-state index is 0. The van der Waals surface area contributed by atoms with Crippen LogP contribution in [0.2, 0.25) is 0 Å². The van der Waals surface area contributed by atoms with Crippen LogP contribution >= 0.6 is 24.8 Å². The molecule has 25 heavy (non-hydrogen) atoms. The van der Waals surface area contributed by atoms with Crippen molar-refractivity contribution in [2.24, 2.45) is 0 Å². The lowest BCUT2D eigenvalue weighted by atomic mass is 10.1. The maximum Gasteiger partial charge on any atom is 0.244 e. The first-order chi connectivity index (χ1) is 11.2. The predicted octanol–water partition coefficient (Wildman–Crippen LogP) is 3.03. The topological polar surface area (TPSA) is 72.5 Å². The van der Waals surface area contributed by atoms with Crippen LogP contribution in [-0.4, -0.2) is 36.2 Å². The van der Waals surface area contributed by atoms with E-state index in [1.165, 1.54) is 0 Å². The number of anilines is 1. The van der Waals surface area contributed by atoms with Crippen molar-refractivity contribution >= 4 is 36.4 Å². The van der Waals surface area contributed by atoms with E-state index in [0.717, 1.165) is 0 Å². The zero-order valence-corrected chi connectivity index (χ0v) is 15.3. The molecule has 1 saturated heterocycles. The minimum Gasteiger partial charge on any atom is -0.439 e. The second-order valence-electron chi connectivity index (χ2n) is 5.29. The normalized spacial score (nSPS) is 19.1. The standard InChI is InChI=1S/C17H19N3O3.2ClH/c1-12-16(19-9-10-22-12)17(21)20-13-5-4-6-14(11-13)23-15-7-2-3-8-18-15;;/h2-8,11-12,16,19H,9-10H2,1H3,(H,20,21);2*1H/t12-,16+;;/m1../s1. The molecule has 0 spiro atoms. The van der Waals surface area contributed by atoms with E-state index in [0.29, 0.717) is 30.5 Å². The molecular weight excluding hydrogens is 365 g/mol. The number of carbonyl (C=O) groups excluding carboxylic acids is 1. The van der Waals surface area contributed by atoms with E-state index in [1.807, 2.05) is 37.3 Å². The molecule has 136 valence electrons. The summed E-state index contributed by atoms with van der Waals surface area (Å²) in [6.07, 6.45) is 1.51. The molecule has 2 N–H and O–H groups in total. The number of hydrogen-bond acceptors (Lipinski definition) is 5. The Labute approximate surface area is 159 Å². The summed E-state index contributed by atoms with van der Waals surface area (Å²) < 4.78 is 11.2. The highest BCUT2D eigenvalue weighted by molar-refractivity contribution is 5.95. The highest BCUT2D eigenvalue weighted by Gasteiger charge is 2.28. The van der Waals surface area contributed by atoms with Gasteiger partial charge in [0.05, 0.1) is 12.7 Å². The van der Waals surface area contributed by atoms with Gasteiger partial charge in [-0.25, -0.2) is 4.98 Å². The van der Waals surface area contributed by atoms with E-state index in [2.05, 4.69) is 15.6 Å². The number of nitrogens with zero attached hydrogens (tertiary/aromatic N) is 1. The fourth-order valence-corrected chi connectivity index (χ4v) is 2.41. The average Bonchev–Trinajstić information content (AvgIpc) is 2.56. The third kappa shape index (κ3) is 5.86. The quantitative estimate of drug-likeness (QED) is 0.845. The second-order valence-corrected chi connectivity index (χ2v) is 5.29. The highest BCUT2D eigenvalue weighted by atomic mass is 35.5. The van der Waals surface area contributed by atoms with E-state index in [1.54, 1.807) is 18.3 Å². The molecule has 0 bridgehead atoms. The van der Waals surface area contributed by atoms with Gasteiger partial charge in [-0.2, -0.15) is 0 Å². The first-order valence-corrected chi connectivity index (χ1v) is 7.57. The molecule has 0 radical (unpaired) electrons. The molecule has 2 atom stereocenters. The van der Waals surface area contributed by atoms with Crippen LogP contribution in [0.25, 0.3) is 0 Å². The van der Waals surface area contributed by atoms with Gasteiger partial charge < -0.3 is 20.1 Å². The molecule has 8 heteroatoms. The number of hydrogen-bond donors (Lipinski definition) is 2. The van der Waals surface area contributed by atoms with Crippen molar-refractivity contribution in [1.29, 1.82) is 0 Å². The van der Waals surface area contributed by atoms with Crippen molar-refractivity contribution in [2.45, 2.75) is 19.1 Å². The molecule has 2 aromatic rings. The summed E-state index contributed by atoms with van der Waals surface area (Å²) in [5, 5.41) is 6.05. The van der Waals surface area contributed by atoms with Crippen LogP contribution < -0.4 is 15.4 Å². The summed E-state index contributed by atoms with van der Waals surface area (Å²) in [4.78, 5) is 16.5. The lowest BCUT2D eigenvalue weighted by molar-refractivity contribution is -0.123. The summed E-state index contributed by atoms with van der Waals surface area (Å²) in [6.45, 7) is 3.18. The van der Waals surface area contributed by atoms with Crippen molar-refractivity contribution in [3.05, 3.63) is 48.7 Å². The van der Waals surface area contributed by atoms with Gasteiger partial charge in [-0.15, -0.1) is 24.8 Å². The van der Waals surface area contributed by atoms with Gasteiger partial charge in [0.2, 0.25) is 11.8 Å². The van der Waals surface area contributed by atoms with Gasteiger partial charge >= 0.3 is 0 Å². The smallest absolute Gasteiger partial charge is 0.244 e. The van der Waals surface area contributed by atoms with E-state index in [9.17, 15) is 4.79 Å². The third-order valence-corrected chi connectivity index (χ3v) is 3.56. The van der Waals surface area contributed by atoms with Crippen molar-refractivity contribution in [3.8, 4) is 11.6 Å². The monoisotopic (exact) mass is 385 g/mol. The Hall–Kier alpha value is -1.86. The average molecular weight is 386 g/mol. The van der Waals surface area contributed by atoms with Gasteiger partial charge in [0.15, 0.2) is 0 Å². The van der Waals surface area contributed by atoms with E-state index in [4.69, 9.17) is 9.47 Å². The molecule has 1 fully saturated rings. The van der Waals surface area contributed by atoms with Gasteiger partial charge in [-0.3, -0.25) is 4.79 Å². The van der Waals surface area contributed by atoms with E-state index in [-0.39, 0.29) is 42.9 Å². The predicted molar refractivity (Wildman–Crippen MR) is 101 cm³/mol. The lowest BCUT2D eigenvalue weighted by Gasteiger charge is -2.29. The number of benzene rings is 1. The number of morpholine rings is 1. The van der Waals surface area contributed by atoms with Crippen molar-refractivity contribution in [1.82, 2.24) is 10.3 Å². The van der Waals surface area contributed by atoms with E-state index >= 15 is 0 Å². The van der Waals surface area contributed by atoms with Crippen LogP contribution in [0.3, 0.4) is 0 Å². The van der Waals surface area contributed by atoms with Gasteiger partial charge in [0.1, 0.15) is 11.8 Å². The van der Waals surface area contributed by atoms with Gasteiger partial charge in [-0.05, 0) is 25.1 Å². The SMILES string of the molecule is C[C@H]1OCCN[C@@H]1C(=O)Nc1cccc(Oc2ccccn2)c1.Cl.Cl. The number of amides is 1. The molecule has 1 aliphatic heterocycles. The fraction of sp³-hybridized carbons (Fsp3) is 0.294. The molecular formula is C17H21Cl2N3O3. The van der Waals surface area contributed by atoms with Gasteiger partial charge in [-0.1, -0.05) is 12.1 Å². The Morgan fingerprint density at radius 1 is 1.28 bits per heavy atom. The molecule has 2 heterocycles. The first-order valence-electron chi connectivity index (χ1n) is 7.57. The molecule has 0 unspecified atom stereocenters. The molecule has 1 aliphatic rings. The zero-order valence-electron chi connectivity index (χ0n) is 13.7. The molecule has 1 aromatic carbocycles. The summed E-state index contributed by atoms with van der Waals surface area (Å²) in [5.41, 5.74) is 0.669. The van der Waals surface area contributed by atoms with Crippen molar-refractivity contribution in [3.63, 3.8) is 0 Å². The van der Waals surface area contributed by atoms with Crippen LogP contribution in [0.15, 0.2) is 48.7 Å². The van der Waals surface area contributed by atoms with Crippen LogP contribution in [-0.2, 0) is 9.53 Å². The number of rotatable bonds is 4. The molecule has 1 amide bonds. The second kappa shape index (κ2) is 10.2. The Morgan fingerprint density at radius 2 is 2.12 bits per heavy atom. The summed E-state index contributed by atoms with van der Waals surface area (Å²) in [5.74, 6) is 1.00. The number of carbonyl (C=O) groups is 1. The van der Waals surface area contributed by atoms with Crippen LogP contribution in [0.1, 0.15) is 6.92 Å². The van der Waals surface area contributed by atoms with E-state index < -0.39 is 0 Å². The molecule has 3 rings (SSSR count). The Kier molecular flexibility index (Phi) is 8.65. The molecule has 6 nitrogen and oxygen atoms in total. The lowest BCUT2D eigenvalue weighted by Crippen LogP contribution is -2.53. The minimum atomic E-state index is -0.357. The first kappa shape index (κ1) is 21.2. The fourth-order valence-electron chi connectivity index (χ4n) is 2.41. The maximum absolute atomic E-state index is 12.3. The molecule has 0 saturated carbocycles. The van der Waals surface area contributed by atoms with Crippen molar-refractivity contribution in [2.75, 3.05) is 18.5 Å². The van der Waals surface area contributed by atoms with Gasteiger partial charge in [0, 0.05) is 30.6 Å². The van der Waals surface area contributed by atoms with Crippen LogP contribution in [0.5, 0.6) is 11.6 Å².